The van der Waals surface area contributed by atoms with E-state index in [9.17, 15) is 5.11 Å². The van der Waals surface area contributed by atoms with Crippen molar-refractivity contribution in [2.24, 2.45) is 33.5 Å². The highest BCUT2D eigenvalue weighted by Gasteiger charge is 2.62. The topological polar surface area (TPSA) is 125 Å². The van der Waals surface area contributed by atoms with Crippen LogP contribution in [0.1, 0.15) is 153 Å². The van der Waals surface area contributed by atoms with Gasteiger partial charge in [-0.25, -0.2) is 0 Å². The maximum absolute atomic E-state index is 10.9. The van der Waals surface area contributed by atoms with Crippen LogP contribution in [0.15, 0.2) is 42.5 Å². The molecule has 0 saturated heterocycles. The van der Waals surface area contributed by atoms with Crippen molar-refractivity contribution in [1.82, 2.24) is 20.4 Å². The molecular formula is C66H94N4O9. The number of benzene rings is 2. The first-order valence-corrected chi connectivity index (χ1v) is 31.2. The number of rotatable bonds is 21. The second kappa shape index (κ2) is 19.9. The third kappa shape index (κ3) is 9.58. The standard InChI is InChI=1S/C66H94N4O9/c1-59-30-44-31-60(2,38-59)41-63(34-44,40-59)67-15-21-74-23-19-69-17-14-66-12-10-49(29-53(66)78-56-50(72-5)8-7-46(36-69)54(56)66)77-51-27-47-37-70(18-13-65-11-9-48(71)28-52(65)79-58(55(47)65)57(51)73-6)20-24-76-26-25-75-22-16-68-64-35-45-32-61(3,42-64)39-62(4,33-45)43-64/h7-12,27,44-45,48-49,52-53,67-68,71H,13-26,28-43H2,1-6H3. The predicted molar refractivity (Wildman–Crippen MR) is 305 cm³/mol. The van der Waals surface area contributed by atoms with E-state index in [1.54, 1.807) is 14.2 Å². The van der Waals surface area contributed by atoms with Crippen LogP contribution in [0.4, 0.5) is 0 Å². The Morgan fingerprint density at radius 1 is 0.582 bits per heavy atom. The van der Waals surface area contributed by atoms with Crippen LogP contribution in [0.5, 0.6) is 28.7 Å². The van der Waals surface area contributed by atoms with E-state index in [1.807, 2.05) is 6.08 Å². The number of methoxy groups -OCH3 is 2. The summed E-state index contributed by atoms with van der Waals surface area (Å²) in [6, 6.07) is 6.55. The van der Waals surface area contributed by atoms with Gasteiger partial charge in [-0.15, -0.1) is 0 Å². The van der Waals surface area contributed by atoms with E-state index in [-0.39, 0.29) is 29.1 Å². The predicted octanol–water partition coefficient (Wildman–Crippen LogP) is 9.57. The van der Waals surface area contributed by atoms with Crippen molar-refractivity contribution >= 4 is 0 Å². The highest BCUT2D eigenvalue weighted by Crippen LogP contribution is 2.68. The number of nitrogens with one attached hydrogen (secondary N) is 2. The molecule has 13 nitrogen and oxygen atoms in total. The monoisotopic (exact) mass is 1090 g/mol. The molecule has 79 heavy (non-hydrogen) atoms. The van der Waals surface area contributed by atoms with Gasteiger partial charge < -0.3 is 53.6 Å². The molecule has 14 aliphatic rings. The van der Waals surface area contributed by atoms with Crippen molar-refractivity contribution in [3.63, 3.8) is 0 Å². The summed E-state index contributed by atoms with van der Waals surface area (Å²) in [7, 11) is 3.47. The molecular weight excluding hydrogens is 993 g/mol. The zero-order valence-electron chi connectivity index (χ0n) is 48.8. The summed E-state index contributed by atoms with van der Waals surface area (Å²) in [5.41, 5.74) is 6.90. The molecule has 0 aromatic heterocycles. The van der Waals surface area contributed by atoms with E-state index in [4.69, 9.17) is 37.9 Å². The molecule has 2 aromatic carbocycles. The summed E-state index contributed by atoms with van der Waals surface area (Å²) in [6.45, 7) is 21.1. The molecule has 10 aliphatic carbocycles. The highest BCUT2D eigenvalue weighted by atomic mass is 16.6. The van der Waals surface area contributed by atoms with E-state index in [1.165, 1.54) is 99.3 Å². The Bertz CT molecular complexity index is 2680. The van der Waals surface area contributed by atoms with Crippen molar-refractivity contribution in [1.29, 1.82) is 0 Å². The Morgan fingerprint density at radius 2 is 1.11 bits per heavy atom. The fourth-order valence-corrected chi connectivity index (χ4v) is 21.7. The quantitative estimate of drug-likeness (QED) is 0.0813. The number of nitrogens with zero attached hydrogens (tertiary/aromatic N) is 2. The van der Waals surface area contributed by atoms with E-state index in [0.717, 1.165) is 114 Å². The summed E-state index contributed by atoms with van der Waals surface area (Å²) in [5, 5.41) is 19.0. The number of aliphatic hydroxyl groups is 1. The zero-order valence-corrected chi connectivity index (χ0v) is 48.8. The first kappa shape index (κ1) is 53.6. The summed E-state index contributed by atoms with van der Waals surface area (Å²) >= 11 is 0. The SMILES string of the molecule is COc1ccc2c3c1OC1CC(Oc4cc5c6c(c4OC)OC4CC(O)C=CC64CCN(CCOCCOCCNC46CC7CC(C)(CC(C)(C7)C4)C6)C5)C=CC31CCN(CCOCCNC13CC4CC(C)(CC(C)(C4)C1)C3)C2. The molecule has 4 aliphatic heterocycles. The average molecular weight is 1090 g/mol. The van der Waals surface area contributed by atoms with Gasteiger partial charge in [-0.2, -0.15) is 0 Å². The molecule has 8 saturated carbocycles. The largest absolute Gasteiger partial charge is 0.493 e. The fraction of sp³-hybridized carbons (Fsp3) is 0.758. The van der Waals surface area contributed by atoms with Crippen molar-refractivity contribution in [2.75, 3.05) is 93.1 Å². The van der Waals surface area contributed by atoms with E-state index in [2.05, 4.69) is 84.6 Å². The lowest BCUT2D eigenvalue weighted by molar-refractivity contribution is -0.119. The molecule has 2 spiro atoms. The molecule has 3 N–H and O–H groups in total. The van der Waals surface area contributed by atoms with E-state index >= 15 is 0 Å². The molecule has 16 rings (SSSR count). The summed E-state index contributed by atoms with van der Waals surface area (Å²) in [4.78, 5) is 5.08. The van der Waals surface area contributed by atoms with Gasteiger partial charge in [-0.1, -0.05) is 52.0 Å². The second-order valence-electron chi connectivity index (χ2n) is 29.7. The summed E-state index contributed by atoms with van der Waals surface area (Å²) in [6.07, 6.45) is 27.2. The Labute approximate surface area is 471 Å². The van der Waals surface area contributed by atoms with Crippen molar-refractivity contribution in [3.8, 4) is 28.7 Å². The van der Waals surface area contributed by atoms with E-state index in [0.29, 0.717) is 76.9 Å². The minimum absolute atomic E-state index is 0.128. The molecule has 0 amide bonds. The smallest absolute Gasteiger partial charge is 0.203 e. The Hall–Kier alpha value is -3.40. The van der Waals surface area contributed by atoms with Crippen molar-refractivity contribution < 1.29 is 43.0 Å². The van der Waals surface area contributed by atoms with Gasteiger partial charge >= 0.3 is 0 Å². The van der Waals surface area contributed by atoms with Crippen LogP contribution < -0.4 is 34.3 Å². The van der Waals surface area contributed by atoms with Gasteiger partial charge in [0.2, 0.25) is 5.75 Å². The van der Waals surface area contributed by atoms with Crippen molar-refractivity contribution in [2.45, 2.75) is 190 Å². The lowest BCUT2D eigenvalue weighted by Crippen LogP contribution is -2.64. The molecule has 10 unspecified atom stereocenters. The van der Waals surface area contributed by atoms with Gasteiger partial charge in [0.15, 0.2) is 23.0 Å². The first-order chi connectivity index (χ1) is 38.0. The normalized spacial score (nSPS) is 41.5. The van der Waals surface area contributed by atoms with E-state index < -0.39 is 6.10 Å². The van der Waals surface area contributed by atoms with Gasteiger partial charge in [-0.3, -0.25) is 9.80 Å². The molecule has 432 valence electrons. The lowest BCUT2D eigenvalue weighted by atomic mass is 9.43. The lowest BCUT2D eigenvalue weighted by Gasteiger charge is -2.65. The second-order valence-corrected chi connectivity index (χ2v) is 29.7. The van der Waals surface area contributed by atoms with Crippen LogP contribution >= 0.6 is 0 Å². The van der Waals surface area contributed by atoms with Crippen LogP contribution in [0.3, 0.4) is 0 Å². The maximum atomic E-state index is 10.9. The molecule has 10 atom stereocenters. The highest BCUT2D eigenvalue weighted by molar-refractivity contribution is 5.67. The molecule has 8 bridgehead atoms. The molecule has 8 fully saturated rings. The van der Waals surface area contributed by atoms with Crippen LogP contribution in [0.2, 0.25) is 0 Å². The first-order valence-electron chi connectivity index (χ1n) is 31.2. The summed E-state index contributed by atoms with van der Waals surface area (Å²) < 4.78 is 52.2. The van der Waals surface area contributed by atoms with Gasteiger partial charge in [-0.05, 0) is 166 Å². The molecule has 13 heteroatoms. The van der Waals surface area contributed by atoms with Crippen LogP contribution in [0.25, 0.3) is 0 Å². The number of hydrogen-bond donors (Lipinski definition) is 3. The average Bonchev–Trinajstić information content (AvgIpc) is 4.06. The third-order valence-electron chi connectivity index (χ3n) is 22.6. The Balaban J connectivity index is 0.610. The van der Waals surface area contributed by atoms with Crippen LogP contribution in [-0.4, -0.2) is 144 Å². The Morgan fingerprint density at radius 3 is 1.70 bits per heavy atom. The third-order valence-corrected chi connectivity index (χ3v) is 22.6. The minimum atomic E-state index is -0.556. The van der Waals surface area contributed by atoms with Gasteiger partial charge in [0.05, 0.1) is 70.8 Å². The van der Waals surface area contributed by atoms with Crippen LogP contribution in [0, 0.1) is 33.5 Å². The van der Waals surface area contributed by atoms with Crippen LogP contribution in [-0.2, 0) is 38.1 Å². The summed E-state index contributed by atoms with van der Waals surface area (Å²) in [5.74, 6) is 5.48. The minimum Gasteiger partial charge on any atom is -0.493 e. The number of aliphatic hydroxyl groups excluding tert-OH is 1. The number of hydrogen-bond acceptors (Lipinski definition) is 13. The van der Waals surface area contributed by atoms with Gasteiger partial charge in [0, 0.05) is 74.3 Å². The fourth-order valence-electron chi connectivity index (χ4n) is 21.7. The zero-order chi connectivity index (χ0) is 54.0. The maximum Gasteiger partial charge on any atom is 0.203 e. The van der Waals surface area contributed by atoms with Crippen molar-refractivity contribution in [3.05, 3.63) is 64.8 Å². The molecule has 2 aromatic rings. The molecule has 0 radical (unpaired) electrons. The van der Waals surface area contributed by atoms with Gasteiger partial charge in [0.1, 0.15) is 18.3 Å². The van der Waals surface area contributed by atoms with Gasteiger partial charge in [0.25, 0.3) is 0 Å². The number of ether oxygens (including phenoxy) is 8. The Kier molecular flexibility index (Phi) is 13.5. The molecule has 4 heterocycles.